The van der Waals surface area contributed by atoms with E-state index in [0.29, 0.717) is 11.5 Å². The number of rotatable bonds is 5. The van der Waals surface area contributed by atoms with Crippen molar-refractivity contribution < 1.29 is 8.42 Å². The second-order valence-corrected chi connectivity index (χ2v) is 7.88. The summed E-state index contributed by atoms with van der Waals surface area (Å²) >= 11 is 2.57. The molecule has 20 heavy (non-hydrogen) atoms. The summed E-state index contributed by atoms with van der Waals surface area (Å²) in [6, 6.07) is 0. The highest BCUT2D eigenvalue weighted by atomic mass is 32.2. The van der Waals surface area contributed by atoms with E-state index < -0.39 is 10.0 Å². The van der Waals surface area contributed by atoms with Crippen LogP contribution in [0.25, 0.3) is 0 Å². The van der Waals surface area contributed by atoms with E-state index in [4.69, 9.17) is 5.73 Å². The van der Waals surface area contributed by atoms with Gasteiger partial charge in [0, 0.05) is 26.5 Å². The number of hydrogen-bond donors (Lipinski definition) is 1. The minimum absolute atomic E-state index is 0.0313. The summed E-state index contributed by atoms with van der Waals surface area (Å²) in [6.07, 6.45) is 0. The lowest BCUT2D eigenvalue weighted by Gasteiger charge is -2.19. The Balaban J connectivity index is 2.39. The Kier molecular flexibility index (Phi) is 4.28. The molecule has 2 rings (SSSR count). The lowest BCUT2D eigenvalue weighted by molar-refractivity contribution is 0.521. The van der Waals surface area contributed by atoms with Gasteiger partial charge in [-0.05, 0) is 11.5 Å². The van der Waals surface area contributed by atoms with Crippen molar-refractivity contribution in [3.63, 3.8) is 0 Å². The van der Waals surface area contributed by atoms with Crippen molar-refractivity contribution in [2.75, 3.05) is 31.8 Å². The van der Waals surface area contributed by atoms with Gasteiger partial charge in [-0.1, -0.05) is 0 Å². The van der Waals surface area contributed by atoms with E-state index in [9.17, 15) is 8.42 Å². The van der Waals surface area contributed by atoms with E-state index >= 15 is 0 Å². The molecule has 0 aliphatic rings. The zero-order valence-corrected chi connectivity index (χ0v) is 13.7. The molecule has 0 aromatic carbocycles. The molecule has 0 saturated heterocycles. The molecule has 2 heterocycles. The second kappa shape index (κ2) is 5.64. The van der Waals surface area contributed by atoms with Crippen molar-refractivity contribution >= 4 is 43.7 Å². The fraction of sp³-hybridized carbons (Fsp3) is 0.400. The maximum absolute atomic E-state index is 12.3. The van der Waals surface area contributed by atoms with E-state index in [2.05, 4.69) is 9.36 Å². The first-order valence-electron chi connectivity index (χ1n) is 5.60. The number of nitrogen functional groups attached to an aromatic ring is 1. The summed E-state index contributed by atoms with van der Waals surface area (Å²) in [4.78, 5) is 6.04. The molecule has 0 radical (unpaired) electrons. The summed E-state index contributed by atoms with van der Waals surface area (Å²) in [5.74, 6) is 0.0313. The second-order valence-electron chi connectivity index (χ2n) is 4.33. The zero-order chi connectivity index (χ0) is 14.9. The van der Waals surface area contributed by atoms with Crippen LogP contribution in [0.2, 0.25) is 0 Å². The standard InChI is InChI=1S/C10H15N5O2S3/c1-14(2)20(16,17)8-9(11)13-19-10(8)15(3)4-7-5-18-6-12-7/h5-6H,4H2,1-3H3,(H2,11,13). The van der Waals surface area contributed by atoms with Gasteiger partial charge in [0.25, 0.3) is 0 Å². The molecule has 10 heteroatoms. The van der Waals surface area contributed by atoms with E-state index in [1.165, 1.54) is 25.4 Å². The number of aromatic nitrogens is 2. The highest BCUT2D eigenvalue weighted by Crippen LogP contribution is 2.35. The molecule has 0 unspecified atom stereocenters. The molecule has 0 fully saturated rings. The Morgan fingerprint density at radius 3 is 2.60 bits per heavy atom. The first-order valence-corrected chi connectivity index (χ1v) is 8.75. The zero-order valence-electron chi connectivity index (χ0n) is 11.3. The molecule has 0 amide bonds. The molecular weight excluding hydrogens is 318 g/mol. The van der Waals surface area contributed by atoms with Crippen LogP contribution in [0.1, 0.15) is 5.69 Å². The molecule has 0 aliphatic heterocycles. The van der Waals surface area contributed by atoms with Crippen LogP contribution in [0.3, 0.4) is 0 Å². The minimum Gasteiger partial charge on any atom is -0.382 e. The number of nitrogens with two attached hydrogens (primary N) is 1. The van der Waals surface area contributed by atoms with Crippen molar-refractivity contribution in [2.45, 2.75) is 11.4 Å². The first-order chi connectivity index (χ1) is 9.34. The Morgan fingerprint density at radius 2 is 2.05 bits per heavy atom. The molecule has 0 atom stereocenters. The molecule has 7 nitrogen and oxygen atoms in total. The van der Waals surface area contributed by atoms with E-state index in [1.807, 2.05) is 5.38 Å². The van der Waals surface area contributed by atoms with Gasteiger partial charge in [-0.3, -0.25) is 0 Å². The van der Waals surface area contributed by atoms with E-state index in [-0.39, 0.29) is 10.7 Å². The van der Waals surface area contributed by atoms with Crippen LogP contribution in [0.15, 0.2) is 15.8 Å². The lowest BCUT2D eigenvalue weighted by atomic mass is 10.4. The Labute approximate surface area is 125 Å². The minimum atomic E-state index is -3.62. The summed E-state index contributed by atoms with van der Waals surface area (Å²) in [5, 5.41) is 2.44. The van der Waals surface area contributed by atoms with Gasteiger partial charge in [-0.15, -0.1) is 11.3 Å². The molecular formula is C10H15N5O2S3. The van der Waals surface area contributed by atoms with Crippen molar-refractivity contribution in [3.8, 4) is 0 Å². The molecule has 2 aromatic rings. The van der Waals surface area contributed by atoms with Crippen molar-refractivity contribution in [3.05, 3.63) is 16.6 Å². The predicted molar refractivity (Wildman–Crippen MR) is 81.6 cm³/mol. The summed E-state index contributed by atoms with van der Waals surface area (Å²) in [5.41, 5.74) is 8.34. The average molecular weight is 333 g/mol. The fourth-order valence-electron chi connectivity index (χ4n) is 1.58. The van der Waals surface area contributed by atoms with Gasteiger partial charge in [0.1, 0.15) is 5.00 Å². The molecule has 0 bridgehead atoms. The summed E-state index contributed by atoms with van der Waals surface area (Å²) in [6.45, 7) is 0.501. The van der Waals surface area contributed by atoms with E-state index in [1.54, 1.807) is 17.5 Å². The summed E-state index contributed by atoms with van der Waals surface area (Å²) < 4.78 is 29.7. The van der Waals surface area contributed by atoms with Crippen LogP contribution in [-0.4, -0.2) is 43.2 Å². The number of sulfonamides is 1. The van der Waals surface area contributed by atoms with Crippen LogP contribution in [0.5, 0.6) is 0 Å². The topological polar surface area (TPSA) is 92.4 Å². The SMILES string of the molecule is CN(Cc1cscn1)c1snc(N)c1S(=O)(=O)N(C)C. The number of nitrogens with zero attached hydrogens (tertiary/aromatic N) is 4. The molecule has 0 saturated carbocycles. The molecule has 0 aliphatic carbocycles. The molecule has 2 aromatic heterocycles. The smallest absolute Gasteiger partial charge is 0.249 e. The van der Waals surface area contributed by atoms with Gasteiger partial charge in [0.2, 0.25) is 10.0 Å². The van der Waals surface area contributed by atoms with E-state index in [0.717, 1.165) is 21.5 Å². The van der Waals surface area contributed by atoms with Gasteiger partial charge < -0.3 is 10.6 Å². The van der Waals surface area contributed by atoms with Crippen molar-refractivity contribution in [2.24, 2.45) is 0 Å². The monoisotopic (exact) mass is 333 g/mol. The third kappa shape index (κ3) is 2.77. The third-order valence-electron chi connectivity index (χ3n) is 2.63. The highest BCUT2D eigenvalue weighted by Gasteiger charge is 2.29. The van der Waals surface area contributed by atoms with Crippen LogP contribution < -0.4 is 10.6 Å². The Hall–Kier alpha value is -1.23. The predicted octanol–water partition coefficient (Wildman–Crippen LogP) is 1.07. The third-order valence-corrected chi connectivity index (χ3v) is 6.25. The van der Waals surface area contributed by atoms with Crippen molar-refractivity contribution in [1.29, 1.82) is 0 Å². The number of hydrogen-bond acceptors (Lipinski definition) is 8. The van der Waals surface area contributed by atoms with Gasteiger partial charge in [0.05, 0.1) is 17.7 Å². The number of anilines is 2. The van der Waals surface area contributed by atoms with Gasteiger partial charge in [0.15, 0.2) is 10.7 Å². The van der Waals surface area contributed by atoms with Gasteiger partial charge in [-0.25, -0.2) is 17.7 Å². The number of thiazole rings is 1. The van der Waals surface area contributed by atoms with Crippen LogP contribution in [0.4, 0.5) is 10.8 Å². The quantitative estimate of drug-likeness (QED) is 0.880. The normalized spacial score (nSPS) is 12.0. The largest absolute Gasteiger partial charge is 0.382 e. The highest BCUT2D eigenvalue weighted by molar-refractivity contribution is 7.89. The maximum Gasteiger partial charge on any atom is 0.249 e. The Morgan fingerprint density at radius 1 is 1.35 bits per heavy atom. The molecule has 0 spiro atoms. The fourth-order valence-corrected chi connectivity index (χ4v) is 4.34. The summed E-state index contributed by atoms with van der Waals surface area (Å²) in [7, 11) is 1.11. The first kappa shape index (κ1) is 15.2. The van der Waals surface area contributed by atoms with Crippen molar-refractivity contribution in [1.82, 2.24) is 13.7 Å². The lowest BCUT2D eigenvalue weighted by Crippen LogP contribution is -2.25. The molecule has 2 N–H and O–H groups in total. The van der Waals surface area contributed by atoms with Crippen LogP contribution >= 0.6 is 22.9 Å². The van der Waals surface area contributed by atoms with Crippen LogP contribution in [0, 0.1) is 0 Å². The van der Waals surface area contributed by atoms with Gasteiger partial charge in [-0.2, -0.15) is 4.37 Å². The molecule has 110 valence electrons. The maximum atomic E-state index is 12.3. The Bertz CT molecular complexity index is 678. The van der Waals surface area contributed by atoms with Crippen LogP contribution in [-0.2, 0) is 16.6 Å². The van der Waals surface area contributed by atoms with Gasteiger partial charge >= 0.3 is 0 Å². The average Bonchev–Trinajstić information content (AvgIpc) is 2.98.